The molecule has 0 amide bonds. The predicted octanol–water partition coefficient (Wildman–Crippen LogP) is 1.58. The summed E-state index contributed by atoms with van der Waals surface area (Å²) < 4.78 is 2.01. The normalized spacial score (nSPS) is 21.4. The SMILES string of the molecule is CCc1cc(CN2CCCC(CCO)C2)n(C)n1. The molecule has 0 aliphatic carbocycles. The summed E-state index contributed by atoms with van der Waals surface area (Å²) in [7, 11) is 2.03. The van der Waals surface area contributed by atoms with Gasteiger partial charge in [-0.1, -0.05) is 6.92 Å². The highest BCUT2D eigenvalue weighted by Gasteiger charge is 2.20. The Kier molecular flexibility index (Phi) is 4.78. The van der Waals surface area contributed by atoms with Crippen LogP contribution in [0.3, 0.4) is 0 Å². The fraction of sp³-hybridized carbons (Fsp3) is 0.786. The monoisotopic (exact) mass is 251 g/mol. The number of hydrogen-bond acceptors (Lipinski definition) is 3. The highest BCUT2D eigenvalue weighted by atomic mass is 16.3. The van der Waals surface area contributed by atoms with Crippen molar-refractivity contribution in [3.63, 3.8) is 0 Å². The Balaban J connectivity index is 1.93. The molecule has 2 heterocycles. The Morgan fingerprint density at radius 3 is 3.00 bits per heavy atom. The number of piperidine rings is 1. The van der Waals surface area contributed by atoms with Crippen molar-refractivity contribution in [2.75, 3.05) is 19.7 Å². The molecule has 1 fully saturated rings. The quantitative estimate of drug-likeness (QED) is 0.864. The van der Waals surface area contributed by atoms with Gasteiger partial charge in [-0.25, -0.2) is 0 Å². The van der Waals surface area contributed by atoms with Crippen LogP contribution >= 0.6 is 0 Å². The van der Waals surface area contributed by atoms with Crippen molar-refractivity contribution in [2.45, 2.75) is 39.2 Å². The van der Waals surface area contributed by atoms with Crippen molar-refractivity contribution in [1.29, 1.82) is 0 Å². The molecule has 1 aliphatic rings. The number of aryl methyl sites for hydroxylation is 2. The molecule has 1 atom stereocenters. The lowest BCUT2D eigenvalue weighted by Crippen LogP contribution is -2.35. The zero-order chi connectivity index (χ0) is 13.0. The maximum absolute atomic E-state index is 9.04. The van der Waals surface area contributed by atoms with Gasteiger partial charge in [0.2, 0.25) is 0 Å². The van der Waals surface area contributed by atoms with Gasteiger partial charge in [0.1, 0.15) is 0 Å². The molecule has 1 saturated heterocycles. The average Bonchev–Trinajstić information content (AvgIpc) is 2.71. The number of aliphatic hydroxyl groups is 1. The minimum absolute atomic E-state index is 0.324. The average molecular weight is 251 g/mol. The summed E-state index contributed by atoms with van der Waals surface area (Å²) in [5.41, 5.74) is 2.48. The molecule has 4 nitrogen and oxygen atoms in total. The van der Waals surface area contributed by atoms with E-state index in [1.807, 2.05) is 11.7 Å². The van der Waals surface area contributed by atoms with Crippen molar-refractivity contribution in [3.8, 4) is 0 Å². The largest absolute Gasteiger partial charge is 0.396 e. The summed E-state index contributed by atoms with van der Waals surface area (Å²) in [6.07, 6.45) is 4.47. The first-order chi connectivity index (χ1) is 8.72. The van der Waals surface area contributed by atoms with Crippen molar-refractivity contribution >= 4 is 0 Å². The molecule has 0 aromatic carbocycles. The lowest BCUT2D eigenvalue weighted by molar-refractivity contribution is 0.140. The smallest absolute Gasteiger partial charge is 0.0625 e. The Bertz CT molecular complexity index is 373. The van der Waals surface area contributed by atoms with Gasteiger partial charge in [0.25, 0.3) is 0 Å². The van der Waals surface area contributed by atoms with E-state index in [0.29, 0.717) is 12.5 Å². The van der Waals surface area contributed by atoms with Gasteiger partial charge in [-0.2, -0.15) is 5.10 Å². The van der Waals surface area contributed by atoms with E-state index in [9.17, 15) is 0 Å². The van der Waals surface area contributed by atoms with Crippen LogP contribution in [0.1, 0.15) is 37.6 Å². The van der Waals surface area contributed by atoms with Gasteiger partial charge in [0.05, 0.1) is 11.4 Å². The number of likely N-dealkylation sites (tertiary alicyclic amines) is 1. The van der Waals surface area contributed by atoms with Crippen LogP contribution in [0.4, 0.5) is 0 Å². The molecular weight excluding hydrogens is 226 g/mol. The molecule has 1 unspecified atom stereocenters. The Hall–Kier alpha value is -0.870. The van der Waals surface area contributed by atoms with Crippen LogP contribution < -0.4 is 0 Å². The number of aliphatic hydroxyl groups excluding tert-OH is 1. The minimum Gasteiger partial charge on any atom is -0.396 e. The van der Waals surface area contributed by atoms with Crippen LogP contribution in [0.25, 0.3) is 0 Å². The maximum Gasteiger partial charge on any atom is 0.0625 e. The summed E-state index contributed by atoms with van der Waals surface area (Å²) >= 11 is 0. The molecule has 0 saturated carbocycles. The van der Waals surface area contributed by atoms with Gasteiger partial charge in [-0.05, 0) is 44.2 Å². The second kappa shape index (κ2) is 6.34. The topological polar surface area (TPSA) is 41.3 Å². The fourth-order valence-corrected chi connectivity index (χ4v) is 2.83. The van der Waals surface area contributed by atoms with Gasteiger partial charge in [0, 0.05) is 26.7 Å². The zero-order valence-corrected chi connectivity index (χ0v) is 11.6. The Morgan fingerprint density at radius 1 is 1.50 bits per heavy atom. The molecule has 18 heavy (non-hydrogen) atoms. The molecule has 0 spiro atoms. The number of rotatable bonds is 5. The predicted molar refractivity (Wildman–Crippen MR) is 72.3 cm³/mol. The Labute approximate surface area is 110 Å². The summed E-state index contributed by atoms with van der Waals surface area (Å²) in [6, 6.07) is 2.22. The van der Waals surface area contributed by atoms with Crippen LogP contribution in [-0.4, -0.2) is 39.5 Å². The highest BCUT2D eigenvalue weighted by Crippen LogP contribution is 2.21. The number of nitrogens with zero attached hydrogens (tertiary/aromatic N) is 3. The van der Waals surface area contributed by atoms with Gasteiger partial charge in [-0.3, -0.25) is 9.58 Å². The third kappa shape index (κ3) is 3.33. The number of hydrogen-bond donors (Lipinski definition) is 1. The van der Waals surface area contributed by atoms with Crippen molar-refractivity contribution in [3.05, 3.63) is 17.5 Å². The van der Waals surface area contributed by atoms with Crippen molar-refractivity contribution in [1.82, 2.24) is 14.7 Å². The first-order valence-electron chi connectivity index (χ1n) is 7.08. The van der Waals surface area contributed by atoms with E-state index in [-0.39, 0.29) is 0 Å². The van der Waals surface area contributed by atoms with E-state index in [1.54, 1.807) is 0 Å². The van der Waals surface area contributed by atoms with Gasteiger partial charge < -0.3 is 5.11 Å². The summed E-state index contributed by atoms with van der Waals surface area (Å²) in [4.78, 5) is 2.50. The fourth-order valence-electron chi connectivity index (χ4n) is 2.83. The van der Waals surface area contributed by atoms with Crippen LogP contribution in [0, 0.1) is 5.92 Å². The molecule has 1 N–H and O–H groups in total. The van der Waals surface area contributed by atoms with Gasteiger partial charge in [0.15, 0.2) is 0 Å². The lowest BCUT2D eigenvalue weighted by atomic mass is 9.95. The van der Waals surface area contributed by atoms with Crippen LogP contribution in [0.5, 0.6) is 0 Å². The molecule has 1 aliphatic heterocycles. The van der Waals surface area contributed by atoms with Crippen LogP contribution in [0.15, 0.2) is 6.07 Å². The lowest BCUT2D eigenvalue weighted by Gasteiger charge is -2.32. The zero-order valence-electron chi connectivity index (χ0n) is 11.6. The van der Waals surface area contributed by atoms with Crippen LogP contribution in [-0.2, 0) is 20.0 Å². The summed E-state index contributed by atoms with van der Waals surface area (Å²) in [6.45, 7) is 5.75. The third-order valence-corrected chi connectivity index (χ3v) is 3.92. The van der Waals surface area contributed by atoms with E-state index in [4.69, 9.17) is 5.11 Å². The first-order valence-corrected chi connectivity index (χ1v) is 7.08. The van der Waals surface area contributed by atoms with E-state index in [1.165, 1.54) is 30.8 Å². The molecule has 1 aromatic heterocycles. The minimum atomic E-state index is 0.324. The maximum atomic E-state index is 9.04. The first kappa shape index (κ1) is 13.6. The van der Waals surface area contributed by atoms with E-state index in [0.717, 1.165) is 25.9 Å². The van der Waals surface area contributed by atoms with Gasteiger partial charge in [-0.15, -0.1) is 0 Å². The summed E-state index contributed by atoms with van der Waals surface area (Å²) in [5, 5.41) is 13.5. The van der Waals surface area contributed by atoms with E-state index in [2.05, 4.69) is 23.0 Å². The molecule has 0 bridgehead atoms. The molecule has 2 rings (SSSR count). The third-order valence-electron chi connectivity index (χ3n) is 3.92. The molecule has 4 heteroatoms. The molecule has 1 aromatic rings. The Morgan fingerprint density at radius 2 is 2.33 bits per heavy atom. The van der Waals surface area contributed by atoms with Gasteiger partial charge >= 0.3 is 0 Å². The molecule has 102 valence electrons. The molecule has 0 radical (unpaired) electrons. The van der Waals surface area contributed by atoms with Crippen molar-refractivity contribution < 1.29 is 5.11 Å². The van der Waals surface area contributed by atoms with E-state index < -0.39 is 0 Å². The highest BCUT2D eigenvalue weighted by molar-refractivity contribution is 5.10. The van der Waals surface area contributed by atoms with Crippen molar-refractivity contribution in [2.24, 2.45) is 13.0 Å². The number of aromatic nitrogens is 2. The van der Waals surface area contributed by atoms with Crippen LogP contribution in [0.2, 0.25) is 0 Å². The molecular formula is C14H25N3O. The van der Waals surface area contributed by atoms with E-state index >= 15 is 0 Å². The summed E-state index contributed by atoms with van der Waals surface area (Å²) in [5.74, 6) is 0.669. The second-order valence-corrected chi connectivity index (χ2v) is 5.36. The standard InChI is InChI=1S/C14H25N3O/c1-3-13-9-14(16(2)15-13)11-17-7-4-5-12(10-17)6-8-18/h9,12,18H,3-8,10-11H2,1-2H3. The second-order valence-electron chi connectivity index (χ2n) is 5.36.